The maximum atomic E-state index is 5.91. The molecule has 0 radical (unpaired) electrons. The number of hydrogen-bond acceptors (Lipinski definition) is 3. The summed E-state index contributed by atoms with van der Waals surface area (Å²) in [6.07, 6.45) is 2.23. The first-order chi connectivity index (χ1) is 8.09. The van der Waals surface area contributed by atoms with Gasteiger partial charge in [0.2, 0.25) is 0 Å². The molecule has 1 aliphatic carbocycles. The van der Waals surface area contributed by atoms with Crippen LogP contribution in [0.25, 0.3) is 0 Å². The average Bonchev–Trinajstić information content (AvgIpc) is 3.09. The first-order valence-corrected chi connectivity index (χ1v) is 6.50. The lowest BCUT2D eigenvalue weighted by atomic mass is 9.93. The first kappa shape index (κ1) is 12.7. The lowest BCUT2D eigenvalue weighted by Gasteiger charge is -2.22. The van der Waals surface area contributed by atoms with Gasteiger partial charge in [-0.3, -0.25) is 0 Å². The fourth-order valence-corrected chi connectivity index (χ4v) is 3.43. The van der Waals surface area contributed by atoms with E-state index in [-0.39, 0.29) is 5.41 Å². The Bertz CT molecular complexity index is 442. The lowest BCUT2D eigenvalue weighted by Crippen LogP contribution is -2.21. The van der Waals surface area contributed by atoms with Crippen LogP contribution in [0.2, 0.25) is 0 Å². The van der Waals surface area contributed by atoms with Crippen LogP contribution in [0.3, 0.4) is 0 Å². The molecule has 0 bridgehead atoms. The Balaban J connectivity index is 2.63. The molecule has 0 heterocycles. The third kappa shape index (κ3) is 1.93. The second-order valence-corrected chi connectivity index (χ2v) is 5.40. The van der Waals surface area contributed by atoms with Crippen LogP contribution in [-0.4, -0.2) is 20.8 Å². The number of hydrogen-bond donors (Lipinski definition) is 1. The van der Waals surface area contributed by atoms with Crippen LogP contribution in [0.15, 0.2) is 10.5 Å². The van der Waals surface area contributed by atoms with Crippen LogP contribution in [0.1, 0.15) is 24.0 Å². The van der Waals surface area contributed by atoms with E-state index in [0.29, 0.717) is 6.54 Å². The van der Waals surface area contributed by atoms with Gasteiger partial charge >= 0.3 is 0 Å². The molecule has 4 heteroatoms. The smallest absolute Gasteiger partial charge is 0.136 e. The van der Waals surface area contributed by atoms with Crippen LogP contribution in [0.4, 0.5) is 0 Å². The van der Waals surface area contributed by atoms with Crippen molar-refractivity contribution >= 4 is 15.9 Å². The summed E-state index contributed by atoms with van der Waals surface area (Å²) in [5.74, 6) is 1.78. The van der Waals surface area contributed by atoms with Crippen molar-refractivity contribution in [3.8, 4) is 11.5 Å². The molecule has 0 amide bonds. The van der Waals surface area contributed by atoms with Crippen molar-refractivity contribution in [3.05, 3.63) is 21.7 Å². The molecule has 17 heavy (non-hydrogen) atoms. The van der Waals surface area contributed by atoms with Gasteiger partial charge in [0.1, 0.15) is 11.5 Å². The Morgan fingerprint density at radius 2 is 2.00 bits per heavy atom. The van der Waals surface area contributed by atoms with E-state index in [2.05, 4.69) is 15.9 Å². The van der Waals surface area contributed by atoms with Crippen molar-refractivity contribution < 1.29 is 9.47 Å². The zero-order chi connectivity index (χ0) is 12.6. The lowest BCUT2D eigenvalue weighted by molar-refractivity contribution is 0.389. The highest BCUT2D eigenvalue weighted by molar-refractivity contribution is 9.10. The Morgan fingerprint density at radius 1 is 1.35 bits per heavy atom. The van der Waals surface area contributed by atoms with Gasteiger partial charge in [0.15, 0.2) is 0 Å². The van der Waals surface area contributed by atoms with Gasteiger partial charge in [-0.25, -0.2) is 0 Å². The molecule has 1 saturated carbocycles. The predicted octanol–water partition coefficient (Wildman–Crippen LogP) is 2.77. The van der Waals surface area contributed by atoms with Crippen molar-refractivity contribution in [2.75, 3.05) is 20.8 Å². The number of aryl methyl sites for hydroxylation is 1. The van der Waals surface area contributed by atoms with Gasteiger partial charge in [0, 0.05) is 17.5 Å². The molecule has 2 rings (SSSR count). The van der Waals surface area contributed by atoms with Crippen molar-refractivity contribution in [2.24, 2.45) is 5.73 Å². The van der Waals surface area contributed by atoms with E-state index in [0.717, 1.165) is 39.9 Å². The maximum absolute atomic E-state index is 5.91. The molecule has 94 valence electrons. The van der Waals surface area contributed by atoms with E-state index < -0.39 is 0 Å². The molecule has 0 spiro atoms. The number of methoxy groups -OCH3 is 2. The number of halogens is 1. The SMILES string of the molecule is COc1cc(C)c(OC)c(Br)c1C1(CN)CC1. The molecule has 0 saturated heterocycles. The Labute approximate surface area is 110 Å². The predicted molar refractivity (Wildman–Crippen MR) is 71.9 cm³/mol. The van der Waals surface area contributed by atoms with E-state index in [9.17, 15) is 0 Å². The summed E-state index contributed by atoms with van der Waals surface area (Å²) < 4.78 is 11.9. The van der Waals surface area contributed by atoms with E-state index in [1.54, 1.807) is 14.2 Å². The molecule has 0 aliphatic heterocycles. The fourth-order valence-electron chi connectivity index (χ4n) is 2.34. The van der Waals surface area contributed by atoms with Crippen molar-refractivity contribution in [1.82, 2.24) is 0 Å². The summed E-state index contributed by atoms with van der Waals surface area (Å²) >= 11 is 3.64. The van der Waals surface area contributed by atoms with Gasteiger partial charge in [-0.2, -0.15) is 0 Å². The van der Waals surface area contributed by atoms with Gasteiger partial charge in [0.25, 0.3) is 0 Å². The number of ether oxygens (including phenoxy) is 2. The van der Waals surface area contributed by atoms with E-state index in [1.807, 2.05) is 13.0 Å². The van der Waals surface area contributed by atoms with Crippen LogP contribution < -0.4 is 15.2 Å². The highest BCUT2D eigenvalue weighted by Crippen LogP contribution is 2.55. The van der Waals surface area contributed by atoms with Crippen molar-refractivity contribution in [1.29, 1.82) is 0 Å². The highest BCUT2D eigenvalue weighted by atomic mass is 79.9. The monoisotopic (exact) mass is 299 g/mol. The van der Waals surface area contributed by atoms with Crippen LogP contribution in [0, 0.1) is 6.92 Å². The molecule has 1 fully saturated rings. The minimum atomic E-state index is 0.0746. The summed E-state index contributed by atoms with van der Waals surface area (Å²) in [6, 6.07) is 2.02. The molecule has 1 aliphatic rings. The second kappa shape index (κ2) is 4.50. The minimum absolute atomic E-state index is 0.0746. The van der Waals surface area contributed by atoms with E-state index in [1.165, 1.54) is 0 Å². The minimum Gasteiger partial charge on any atom is -0.496 e. The third-order valence-corrected chi connectivity index (χ3v) is 4.33. The largest absolute Gasteiger partial charge is 0.496 e. The fraction of sp³-hybridized carbons (Fsp3) is 0.538. The van der Waals surface area contributed by atoms with E-state index >= 15 is 0 Å². The Morgan fingerprint density at radius 3 is 2.41 bits per heavy atom. The van der Waals surface area contributed by atoms with E-state index in [4.69, 9.17) is 15.2 Å². The molecule has 1 aromatic rings. The molecule has 0 atom stereocenters. The quantitative estimate of drug-likeness (QED) is 0.930. The number of rotatable bonds is 4. The van der Waals surface area contributed by atoms with Crippen molar-refractivity contribution in [3.63, 3.8) is 0 Å². The first-order valence-electron chi connectivity index (χ1n) is 5.71. The van der Waals surface area contributed by atoms with Gasteiger partial charge in [-0.05, 0) is 47.3 Å². The van der Waals surface area contributed by atoms with Crippen LogP contribution in [0.5, 0.6) is 11.5 Å². The maximum Gasteiger partial charge on any atom is 0.136 e. The summed E-state index contributed by atoms with van der Waals surface area (Å²) in [5.41, 5.74) is 8.20. The molecular weight excluding hydrogens is 282 g/mol. The number of nitrogens with two attached hydrogens (primary N) is 1. The van der Waals surface area contributed by atoms with Gasteiger partial charge in [-0.15, -0.1) is 0 Å². The molecule has 0 aromatic heterocycles. The standard InChI is InChI=1S/C13H18BrNO2/c1-8-6-9(16-2)10(11(14)12(8)17-3)13(7-15)4-5-13/h6H,4-5,7,15H2,1-3H3. The zero-order valence-electron chi connectivity index (χ0n) is 10.5. The molecule has 3 nitrogen and oxygen atoms in total. The summed E-state index contributed by atoms with van der Waals surface area (Å²) in [6.45, 7) is 2.66. The molecular formula is C13H18BrNO2. The zero-order valence-corrected chi connectivity index (χ0v) is 12.1. The summed E-state index contributed by atoms with van der Waals surface area (Å²) in [5, 5.41) is 0. The highest BCUT2D eigenvalue weighted by Gasteiger charge is 2.47. The Hall–Kier alpha value is -0.740. The average molecular weight is 300 g/mol. The molecule has 0 unspecified atom stereocenters. The van der Waals surface area contributed by atoms with Gasteiger partial charge in [-0.1, -0.05) is 0 Å². The number of benzene rings is 1. The van der Waals surface area contributed by atoms with Crippen LogP contribution in [-0.2, 0) is 5.41 Å². The summed E-state index contributed by atoms with van der Waals surface area (Å²) in [7, 11) is 3.38. The molecule has 1 aromatic carbocycles. The molecule has 2 N–H and O–H groups in total. The van der Waals surface area contributed by atoms with Crippen molar-refractivity contribution in [2.45, 2.75) is 25.2 Å². The summed E-state index contributed by atoms with van der Waals surface area (Å²) in [4.78, 5) is 0. The third-order valence-electron chi connectivity index (χ3n) is 3.57. The van der Waals surface area contributed by atoms with Gasteiger partial charge < -0.3 is 15.2 Å². The Kier molecular flexibility index (Phi) is 3.36. The normalized spacial score (nSPS) is 16.8. The second-order valence-electron chi connectivity index (χ2n) is 4.60. The topological polar surface area (TPSA) is 44.5 Å². The van der Waals surface area contributed by atoms with Crippen LogP contribution >= 0.6 is 15.9 Å². The van der Waals surface area contributed by atoms with Gasteiger partial charge in [0.05, 0.1) is 18.7 Å².